The van der Waals surface area contributed by atoms with Crippen LogP contribution in [0.25, 0.3) is 0 Å². The Balaban J connectivity index is 1.40. The first-order valence-corrected chi connectivity index (χ1v) is 16.4. The molecule has 5 atom stereocenters. The number of anilines is 1. The van der Waals surface area contributed by atoms with Crippen LogP contribution >= 0.6 is 23.4 Å². The third-order valence-electron chi connectivity index (χ3n) is 9.31. The molecule has 6 rings (SSSR count). The Morgan fingerprint density at radius 2 is 1.58 bits per heavy atom. The zero-order chi connectivity index (χ0) is 30.2. The van der Waals surface area contributed by atoms with Gasteiger partial charge in [-0.3, -0.25) is 14.4 Å². The van der Waals surface area contributed by atoms with Crippen molar-refractivity contribution in [3.63, 3.8) is 0 Å². The molecule has 9 heteroatoms. The largest absolute Gasteiger partial charge is 0.396 e. The Bertz CT molecular complexity index is 1450. The van der Waals surface area contributed by atoms with Crippen LogP contribution < -0.4 is 4.90 Å². The van der Waals surface area contributed by atoms with Gasteiger partial charge < -0.3 is 19.8 Å². The Morgan fingerprint density at radius 3 is 2.35 bits per heavy atom. The van der Waals surface area contributed by atoms with Gasteiger partial charge in [-0.05, 0) is 37.5 Å². The molecule has 4 aliphatic heterocycles. The summed E-state index contributed by atoms with van der Waals surface area (Å²) < 4.78 is -1.55. The lowest BCUT2D eigenvalue weighted by Gasteiger charge is -2.37. The van der Waals surface area contributed by atoms with Crippen LogP contribution in [0.3, 0.4) is 0 Å². The molecule has 2 fully saturated rings. The second-order valence-electron chi connectivity index (χ2n) is 12.1. The summed E-state index contributed by atoms with van der Waals surface area (Å²) in [7, 11) is 0. The second kappa shape index (κ2) is 12.1. The zero-order valence-corrected chi connectivity index (χ0v) is 26.0. The number of halogens is 1. The number of hydrogen-bond acceptors (Lipinski definition) is 5. The van der Waals surface area contributed by atoms with Crippen LogP contribution in [0, 0.1) is 11.8 Å². The first kappa shape index (κ1) is 30.0. The summed E-state index contributed by atoms with van der Waals surface area (Å²) in [6, 6.07) is 16.4. The van der Waals surface area contributed by atoms with Crippen molar-refractivity contribution in [3.8, 4) is 0 Å². The van der Waals surface area contributed by atoms with E-state index in [2.05, 4.69) is 13.0 Å². The quantitative estimate of drug-likeness (QED) is 0.313. The number of benzene rings is 2. The summed E-state index contributed by atoms with van der Waals surface area (Å²) in [5.74, 6) is -1.63. The number of hydrogen-bond donors (Lipinski definition) is 1. The predicted octanol–water partition coefficient (Wildman–Crippen LogP) is 5.08. The fourth-order valence-corrected chi connectivity index (χ4v) is 9.79. The summed E-state index contributed by atoms with van der Waals surface area (Å²) in [5.41, 5.74) is 1.65. The molecule has 4 heterocycles. The van der Waals surface area contributed by atoms with Crippen LogP contribution in [0.5, 0.6) is 0 Å². The molecule has 2 aromatic rings. The molecule has 226 valence electrons. The maximum atomic E-state index is 14.6. The molecule has 0 aliphatic carbocycles. The molecule has 0 radical (unpaired) electrons. The van der Waals surface area contributed by atoms with Gasteiger partial charge in [0.15, 0.2) is 0 Å². The number of nitrogens with zero attached hydrogens (tertiary/aromatic N) is 3. The molecule has 3 amide bonds. The fraction of sp³-hybridized carbons (Fsp3) is 0.441. The van der Waals surface area contributed by atoms with E-state index >= 15 is 0 Å². The number of thioether (sulfide) groups is 1. The summed E-state index contributed by atoms with van der Waals surface area (Å²) in [4.78, 5) is 49.0. The molecule has 0 saturated carbocycles. The van der Waals surface area contributed by atoms with Gasteiger partial charge >= 0.3 is 0 Å². The number of fused-ring (bicyclic) bond motifs is 2. The Hall–Kier alpha value is -3.07. The highest BCUT2D eigenvalue weighted by Gasteiger charge is 2.73. The second-order valence-corrected chi connectivity index (χ2v) is 14.3. The number of carbonyl (C=O) groups is 3. The normalized spacial score (nSPS) is 29.9. The topological polar surface area (TPSA) is 81.2 Å². The lowest BCUT2D eigenvalue weighted by Crippen LogP contribution is -2.53. The van der Waals surface area contributed by atoms with Crippen LogP contribution in [0.15, 0.2) is 78.9 Å². The number of aliphatic hydroxyl groups is 1. The summed E-state index contributed by atoms with van der Waals surface area (Å²) in [6.07, 6.45) is 11.3. The minimum atomic E-state index is -0.898. The van der Waals surface area contributed by atoms with E-state index in [4.69, 9.17) is 11.6 Å². The van der Waals surface area contributed by atoms with Crippen molar-refractivity contribution in [1.82, 2.24) is 9.80 Å². The van der Waals surface area contributed by atoms with Gasteiger partial charge in [-0.2, -0.15) is 0 Å². The molecular weight excluding hydrogens is 582 g/mol. The van der Waals surface area contributed by atoms with Gasteiger partial charge in [0, 0.05) is 37.5 Å². The number of amides is 3. The van der Waals surface area contributed by atoms with Crippen LogP contribution in [-0.2, 0) is 20.9 Å². The monoisotopic (exact) mass is 619 g/mol. The van der Waals surface area contributed by atoms with Crippen LogP contribution in [0.2, 0.25) is 5.02 Å². The highest BCUT2D eigenvalue weighted by molar-refractivity contribution is 8.02. The summed E-state index contributed by atoms with van der Waals surface area (Å²) >= 11 is 8.18. The minimum absolute atomic E-state index is 0.0457. The zero-order valence-electron chi connectivity index (χ0n) is 24.4. The molecular formula is C34H38ClN3O4S. The van der Waals surface area contributed by atoms with Gasteiger partial charge in [0.1, 0.15) is 6.04 Å². The van der Waals surface area contributed by atoms with Crippen LogP contribution in [0.4, 0.5) is 5.69 Å². The van der Waals surface area contributed by atoms with E-state index < -0.39 is 27.4 Å². The Labute approximate surface area is 262 Å². The van der Waals surface area contributed by atoms with Gasteiger partial charge in [0.2, 0.25) is 11.8 Å². The lowest BCUT2D eigenvalue weighted by molar-refractivity contribution is -0.144. The molecule has 0 aromatic heterocycles. The first-order valence-electron chi connectivity index (χ1n) is 15.2. The fourth-order valence-electron chi connectivity index (χ4n) is 7.39. The van der Waals surface area contributed by atoms with Gasteiger partial charge in [-0.25, -0.2) is 0 Å². The number of rotatable bonds is 9. The number of unbranched alkanes of at least 4 members (excludes halogenated alkanes) is 3. The van der Waals surface area contributed by atoms with Crippen molar-refractivity contribution < 1.29 is 19.5 Å². The third-order valence-corrected chi connectivity index (χ3v) is 11.4. The average molecular weight is 620 g/mol. The Morgan fingerprint density at radius 1 is 0.860 bits per heavy atom. The Kier molecular flexibility index (Phi) is 8.46. The van der Waals surface area contributed by atoms with Crippen molar-refractivity contribution in [2.45, 2.75) is 54.7 Å². The van der Waals surface area contributed by atoms with Crippen molar-refractivity contribution in [1.29, 1.82) is 0 Å². The maximum absolute atomic E-state index is 14.6. The first-order chi connectivity index (χ1) is 20.8. The van der Waals surface area contributed by atoms with Gasteiger partial charge in [-0.1, -0.05) is 91.2 Å². The van der Waals surface area contributed by atoms with Crippen molar-refractivity contribution in [2.24, 2.45) is 11.8 Å². The SMILES string of the molecule is C[C@@]12C=CCN(Cc3ccccc3)C(=O)[C@@H]1[C@H]1C(=O)N(CCCCCCO)C3C(=O)N(c4ccccc4Cl)CC=C[C@@]31S2. The maximum Gasteiger partial charge on any atom is 0.251 e. The molecule has 0 bridgehead atoms. The van der Waals surface area contributed by atoms with Gasteiger partial charge in [0.25, 0.3) is 5.91 Å². The minimum Gasteiger partial charge on any atom is -0.396 e. The molecule has 1 N–H and O–H groups in total. The van der Waals surface area contributed by atoms with E-state index in [9.17, 15) is 19.5 Å². The predicted molar refractivity (Wildman–Crippen MR) is 171 cm³/mol. The molecule has 4 aliphatic rings. The summed E-state index contributed by atoms with van der Waals surface area (Å²) in [5, 5.41) is 9.70. The van der Waals surface area contributed by atoms with Crippen LogP contribution in [0.1, 0.15) is 38.2 Å². The molecule has 7 nitrogen and oxygen atoms in total. The average Bonchev–Trinajstić information content (AvgIpc) is 3.26. The van der Waals surface area contributed by atoms with Crippen LogP contribution in [-0.4, -0.2) is 74.4 Å². The van der Waals surface area contributed by atoms with E-state index in [0.29, 0.717) is 49.7 Å². The van der Waals surface area contributed by atoms with Gasteiger partial charge in [0.05, 0.1) is 27.3 Å². The molecule has 1 unspecified atom stereocenters. The van der Waals surface area contributed by atoms with Crippen molar-refractivity contribution >= 4 is 46.8 Å². The van der Waals surface area contributed by atoms with Crippen molar-refractivity contribution in [3.05, 3.63) is 89.5 Å². The van der Waals surface area contributed by atoms with Gasteiger partial charge in [-0.15, -0.1) is 11.8 Å². The number of carbonyl (C=O) groups excluding carboxylic acids is 3. The molecule has 43 heavy (non-hydrogen) atoms. The van der Waals surface area contributed by atoms with E-state index in [0.717, 1.165) is 18.4 Å². The molecule has 2 aromatic carbocycles. The van der Waals surface area contributed by atoms with E-state index in [-0.39, 0.29) is 24.3 Å². The van der Waals surface area contributed by atoms with E-state index in [1.807, 2.05) is 71.7 Å². The number of para-hydroxylation sites is 1. The highest BCUT2D eigenvalue weighted by Crippen LogP contribution is 2.65. The van der Waals surface area contributed by atoms with E-state index in [1.165, 1.54) is 0 Å². The molecule has 1 spiro atoms. The highest BCUT2D eigenvalue weighted by atomic mass is 35.5. The lowest BCUT2D eigenvalue weighted by atomic mass is 9.74. The number of aliphatic hydroxyl groups excluding tert-OH is 1. The number of likely N-dealkylation sites (tertiary alicyclic amines) is 1. The summed E-state index contributed by atoms with van der Waals surface area (Å²) in [6.45, 7) is 3.87. The van der Waals surface area contributed by atoms with Crippen molar-refractivity contribution in [2.75, 3.05) is 31.1 Å². The smallest absolute Gasteiger partial charge is 0.251 e. The molecule has 2 saturated heterocycles. The standard InChI is InChI=1S/C34H38ClN3O4S/c1-33-17-11-19-36(23-24-13-5-4-6-14-24)30(40)27(33)28-31(41)38(20-9-2-3-10-22-39)29-32(42)37(21-12-18-34(28,29)43-33)26-16-8-7-15-25(26)35/h4-8,11-18,27-29,39H,2-3,9-10,19-23H2,1H3/t27-,28-,29?,33+,34-/m0/s1. The third kappa shape index (κ3) is 5.21. The van der Waals surface area contributed by atoms with E-state index in [1.54, 1.807) is 27.6 Å².